The molecular formula is C20H21N3O6. The SMILES string of the molecule is COc1ccc(C(CC(=O)O)NC(=O)c2cc(C)nc3onc(C)c23)cc1OC. The number of carbonyl (C=O) groups excluding carboxylic acids is 1. The summed E-state index contributed by atoms with van der Waals surface area (Å²) in [6, 6.07) is 5.82. The number of nitrogens with one attached hydrogen (secondary N) is 1. The first kappa shape index (κ1) is 20.1. The smallest absolute Gasteiger partial charge is 0.305 e. The molecule has 2 N–H and O–H groups in total. The summed E-state index contributed by atoms with van der Waals surface area (Å²) in [5.74, 6) is -0.565. The topological polar surface area (TPSA) is 124 Å². The summed E-state index contributed by atoms with van der Waals surface area (Å²) in [6.07, 6.45) is -0.308. The molecule has 0 bridgehead atoms. The average Bonchev–Trinajstić information content (AvgIpc) is 3.06. The maximum atomic E-state index is 13.0. The lowest BCUT2D eigenvalue weighted by Gasteiger charge is -2.19. The van der Waals surface area contributed by atoms with E-state index in [9.17, 15) is 14.7 Å². The van der Waals surface area contributed by atoms with Gasteiger partial charge in [-0.05, 0) is 37.6 Å². The summed E-state index contributed by atoms with van der Waals surface area (Å²) >= 11 is 0. The van der Waals surface area contributed by atoms with E-state index in [-0.39, 0.29) is 12.1 Å². The van der Waals surface area contributed by atoms with Gasteiger partial charge in [0.1, 0.15) is 0 Å². The fourth-order valence-corrected chi connectivity index (χ4v) is 3.13. The lowest BCUT2D eigenvalue weighted by Crippen LogP contribution is -2.30. The third-order valence-corrected chi connectivity index (χ3v) is 4.48. The van der Waals surface area contributed by atoms with Crippen LogP contribution in [0.3, 0.4) is 0 Å². The fraction of sp³-hybridized carbons (Fsp3) is 0.300. The molecule has 1 amide bonds. The van der Waals surface area contributed by atoms with Gasteiger partial charge in [0.15, 0.2) is 11.5 Å². The van der Waals surface area contributed by atoms with Crippen molar-refractivity contribution in [1.29, 1.82) is 0 Å². The van der Waals surface area contributed by atoms with Crippen LogP contribution in [0.15, 0.2) is 28.8 Å². The highest BCUT2D eigenvalue weighted by Crippen LogP contribution is 2.31. The monoisotopic (exact) mass is 399 g/mol. The van der Waals surface area contributed by atoms with Gasteiger partial charge < -0.3 is 24.4 Å². The number of fused-ring (bicyclic) bond motifs is 1. The number of hydrogen-bond donors (Lipinski definition) is 2. The number of aryl methyl sites for hydroxylation is 2. The largest absolute Gasteiger partial charge is 0.493 e. The zero-order chi connectivity index (χ0) is 21.1. The third kappa shape index (κ3) is 4.13. The number of hydrogen-bond acceptors (Lipinski definition) is 7. The van der Waals surface area contributed by atoms with E-state index in [1.54, 1.807) is 38.1 Å². The highest BCUT2D eigenvalue weighted by Gasteiger charge is 2.24. The lowest BCUT2D eigenvalue weighted by atomic mass is 10.0. The second-order valence-corrected chi connectivity index (χ2v) is 6.50. The van der Waals surface area contributed by atoms with Gasteiger partial charge in [0.2, 0.25) is 0 Å². The molecule has 9 heteroatoms. The number of methoxy groups -OCH3 is 2. The first-order valence-corrected chi connectivity index (χ1v) is 8.82. The van der Waals surface area contributed by atoms with Crippen molar-refractivity contribution >= 4 is 23.0 Å². The number of nitrogens with zero attached hydrogens (tertiary/aromatic N) is 2. The number of carboxylic acids is 1. The number of aromatic nitrogens is 2. The molecule has 0 aliphatic rings. The Labute approximate surface area is 166 Å². The average molecular weight is 399 g/mol. The standard InChI is InChI=1S/C20H21N3O6/c1-10-7-13(18-11(2)23-29-20(18)21-10)19(26)22-14(9-17(24)25)12-5-6-15(27-3)16(8-12)28-4/h5-8,14H,9H2,1-4H3,(H,22,26)(H,24,25). The molecule has 29 heavy (non-hydrogen) atoms. The Hall–Kier alpha value is -3.62. The molecule has 2 heterocycles. The quantitative estimate of drug-likeness (QED) is 0.621. The van der Waals surface area contributed by atoms with Crippen LogP contribution in [0.25, 0.3) is 11.1 Å². The summed E-state index contributed by atoms with van der Waals surface area (Å²) < 4.78 is 15.7. The van der Waals surface area contributed by atoms with E-state index >= 15 is 0 Å². The highest BCUT2D eigenvalue weighted by atomic mass is 16.5. The van der Waals surface area contributed by atoms with E-state index in [1.807, 2.05) is 0 Å². The molecular weight excluding hydrogens is 378 g/mol. The number of ether oxygens (including phenoxy) is 2. The van der Waals surface area contributed by atoms with Crippen LogP contribution < -0.4 is 14.8 Å². The maximum absolute atomic E-state index is 13.0. The van der Waals surface area contributed by atoms with E-state index < -0.39 is 17.9 Å². The molecule has 1 atom stereocenters. The van der Waals surface area contributed by atoms with Gasteiger partial charge in [-0.15, -0.1) is 0 Å². The van der Waals surface area contributed by atoms with Crippen LogP contribution in [-0.4, -0.2) is 41.3 Å². The number of pyridine rings is 1. The van der Waals surface area contributed by atoms with Crippen molar-refractivity contribution in [1.82, 2.24) is 15.5 Å². The van der Waals surface area contributed by atoms with Crippen molar-refractivity contribution in [2.45, 2.75) is 26.3 Å². The normalized spacial score (nSPS) is 11.9. The minimum Gasteiger partial charge on any atom is -0.493 e. The Kier molecular flexibility index (Phi) is 5.67. The summed E-state index contributed by atoms with van der Waals surface area (Å²) in [5, 5.41) is 16.5. The van der Waals surface area contributed by atoms with Crippen LogP contribution in [0, 0.1) is 13.8 Å². The molecule has 9 nitrogen and oxygen atoms in total. The van der Waals surface area contributed by atoms with Crippen LogP contribution in [0.4, 0.5) is 0 Å². The summed E-state index contributed by atoms with van der Waals surface area (Å²) in [7, 11) is 2.99. The van der Waals surface area contributed by atoms with Gasteiger partial charge >= 0.3 is 5.97 Å². The Morgan fingerprint density at radius 1 is 1.17 bits per heavy atom. The number of carboxylic acid groups (broad SMARTS) is 1. The summed E-state index contributed by atoms with van der Waals surface area (Å²) in [5.41, 5.74) is 2.26. The molecule has 0 radical (unpaired) electrons. The predicted octanol–water partition coefficient (Wildman–Crippen LogP) is 2.80. The van der Waals surface area contributed by atoms with Crippen molar-refractivity contribution in [2.24, 2.45) is 0 Å². The predicted molar refractivity (Wildman–Crippen MR) is 103 cm³/mol. The number of aliphatic carboxylic acids is 1. The van der Waals surface area contributed by atoms with Crippen molar-refractivity contribution in [3.63, 3.8) is 0 Å². The zero-order valence-electron chi connectivity index (χ0n) is 16.5. The van der Waals surface area contributed by atoms with Crippen molar-refractivity contribution in [3.8, 4) is 11.5 Å². The number of amides is 1. The van der Waals surface area contributed by atoms with Crippen molar-refractivity contribution < 1.29 is 28.7 Å². The molecule has 3 aromatic rings. The minimum atomic E-state index is -1.05. The van der Waals surface area contributed by atoms with Crippen molar-refractivity contribution in [3.05, 3.63) is 46.8 Å². The van der Waals surface area contributed by atoms with E-state index in [2.05, 4.69) is 15.5 Å². The fourth-order valence-electron chi connectivity index (χ4n) is 3.13. The summed E-state index contributed by atoms with van der Waals surface area (Å²) in [6.45, 7) is 3.44. The zero-order valence-corrected chi connectivity index (χ0v) is 16.5. The Morgan fingerprint density at radius 3 is 2.55 bits per heavy atom. The molecule has 0 fully saturated rings. The third-order valence-electron chi connectivity index (χ3n) is 4.48. The molecule has 1 aromatic carbocycles. The summed E-state index contributed by atoms with van der Waals surface area (Å²) in [4.78, 5) is 28.7. The first-order chi connectivity index (χ1) is 13.8. The van der Waals surface area contributed by atoms with Gasteiger partial charge in [-0.25, -0.2) is 4.98 Å². The van der Waals surface area contributed by atoms with Crippen LogP contribution in [0.5, 0.6) is 11.5 Å². The van der Waals surface area contributed by atoms with Gasteiger partial charge in [0.25, 0.3) is 11.6 Å². The number of benzene rings is 1. The van der Waals surface area contributed by atoms with Gasteiger partial charge in [0, 0.05) is 5.69 Å². The molecule has 1 unspecified atom stereocenters. The second-order valence-electron chi connectivity index (χ2n) is 6.50. The second kappa shape index (κ2) is 8.17. The van der Waals surface area contributed by atoms with E-state index in [1.165, 1.54) is 14.2 Å². The maximum Gasteiger partial charge on any atom is 0.305 e. The van der Waals surface area contributed by atoms with Gasteiger partial charge in [-0.1, -0.05) is 11.2 Å². The molecule has 0 saturated carbocycles. The van der Waals surface area contributed by atoms with Gasteiger partial charge in [-0.2, -0.15) is 0 Å². The van der Waals surface area contributed by atoms with Crippen LogP contribution in [0.2, 0.25) is 0 Å². The molecule has 0 aliphatic carbocycles. The van der Waals surface area contributed by atoms with Crippen LogP contribution >= 0.6 is 0 Å². The molecule has 2 aromatic heterocycles. The van der Waals surface area contributed by atoms with Crippen LogP contribution in [0.1, 0.15) is 39.8 Å². The number of rotatable bonds is 7. The van der Waals surface area contributed by atoms with Gasteiger partial charge in [0.05, 0.1) is 43.3 Å². The Morgan fingerprint density at radius 2 is 1.90 bits per heavy atom. The van der Waals surface area contributed by atoms with E-state index in [0.717, 1.165) is 0 Å². The molecule has 0 saturated heterocycles. The Balaban J connectivity index is 1.99. The van der Waals surface area contributed by atoms with Crippen molar-refractivity contribution in [2.75, 3.05) is 14.2 Å². The molecule has 3 rings (SSSR count). The number of carbonyl (C=O) groups is 2. The minimum absolute atomic E-state index is 0.258. The first-order valence-electron chi connectivity index (χ1n) is 8.82. The van der Waals surface area contributed by atoms with E-state index in [4.69, 9.17) is 14.0 Å². The Bertz CT molecular complexity index is 1080. The molecule has 0 spiro atoms. The van der Waals surface area contributed by atoms with Gasteiger partial charge in [-0.3, -0.25) is 9.59 Å². The van der Waals surface area contributed by atoms with Crippen LogP contribution in [-0.2, 0) is 4.79 Å². The lowest BCUT2D eigenvalue weighted by molar-refractivity contribution is -0.137. The highest BCUT2D eigenvalue weighted by molar-refractivity contribution is 6.06. The molecule has 152 valence electrons. The van der Waals surface area contributed by atoms with E-state index in [0.29, 0.717) is 39.4 Å². The molecule has 0 aliphatic heterocycles.